The molecule has 4 nitrogen and oxygen atoms in total. The molecule has 0 bridgehead atoms. The molecule has 0 amide bonds. The van der Waals surface area contributed by atoms with Crippen LogP contribution in [0.5, 0.6) is 0 Å². The Morgan fingerprint density at radius 3 is 2.35 bits per heavy atom. The van der Waals surface area contributed by atoms with Crippen molar-refractivity contribution in [3.8, 4) is 0 Å². The van der Waals surface area contributed by atoms with Crippen molar-refractivity contribution in [3.05, 3.63) is 24.3 Å². The zero-order chi connectivity index (χ0) is 17.3. The van der Waals surface area contributed by atoms with Crippen molar-refractivity contribution in [2.45, 2.75) is 77.2 Å². The molecule has 132 valence electrons. The van der Waals surface area contributed by atoms with E-state index in [1.807, 2.05) is 6.08 Å². The molecule has 1 N–H and O–H groups in total. The third kappa shape index (κ3) is 13.9. The fraction of sp³-hybridized carbons (Fsp3) is 0.684. The summed E-state index contributed by atoms with van der Waals surface area (Å²) in [6.45, 7) is 2.09. The lowest BCUT2D eigenvalue weighted by molar-refractivity contribution is -0.140. The van der Waals surface area contributed by atoms with Crippen LogP contribution in [0.25, 0.3) is 0 Å². The second-order valence-electron chi connectivity index (χ2n) is 5.66. The Morgan fingerprint density at radius 2 is 1.65 bits per heavy atom. The number of carbonyl (C=O) groups is 2. The van der Waals surface area contributed by atoms with Gasteiger partial charge in [-0.3, -0.25) is 9.59 Å². The van der Waals surface area contributed by atoms with E-state index in [-0.39, 0.29) is 11.8 Å². The summed E-state index contributed by atoms with van der Waals surface area (Å²) in [6.07, 6.45) is 15.1. The molecule has 0 aliphatic heterocycles. The number of unbranched alkanes of at least 4 members (excludes halogenated alkanes) is 5. The van der Waals surface area contributed by atoms with Gasteiger partial charge in [0.25, 0.3) is 0 Å². The van der Waals surface area contributed by atoms with Gasteiger partial charge in [0.05, 0.1) is 7.11 Å². The quantitative estimate of drug-likeness (QED) is 0.226. The number of ketones is 1. The van der Waals surface area contributed by atoms with Crippen LogP contribution in [0.3, 0.4) is 0 Å². The Balaban J connectivity index is 3.59. The number of rotatable bonds is 14. The second-order valence-corrected chi connectivity index (χ2v) is 5.66. The van der Waals surface area contributed by atoms with Gasteiger partial charge >= 0.3 is 5.97 Å². The maximum Gasteiger partial charge on any atom is 0.305 e. The summed E-state index contributed by atoms with van der Waals surface area (Å²) in [5, 5.41) is 9.79. The van der Waals surface area contributed by atoms with E-state index in [1.165, 1.54) is 13.2 Å². The molecule has 0 spiro atoms. The van der Waals surface area contributed by atoms with E-state index in [2.05, 4.69) is 23.8 Å². The van der Waals surface area contributed by atoms with Crippen molar-refractivity contribution in [1.82, 2.24) is 0 Å². The van der Waals surface area contributed by atoms with Crippen molar-refractivity contribution in [3.63, 3.8) is 0 Å². The summed E-state index contributed by atoms with van der Waals surface area (Å²) in [5.74, 6) is -0.363. The van der Waals surface area contributed by atoms with E-state index >= 15 is 0 Å². The molecule has 23 heavy (non-hydrogen) atoms. The lowest BCUT2D eigenvalue weighted by atomic mass is 10.0. The molecule has 0 aliphatic carbocycles. The summed E-state index contributed by atoms with van der Waals surface area (Å²) in [7, 11) is 1.40. The number of carbonyl (C=O) groups excluding carboxylic acids is 2. The fourth-order valence-corrected chi connectivity index (χ4v) is 2.17. The smallest absolute Gasteiger partial charge is 0.305 e. The Hall–Kier alpha value is -1.42. The maximum absolute atomic E-state index is 11.7. The topological polar surface area (TPSA) is 63.6 Å². The normalized spacial score (nSPS) is 12.8. The Morgan fingerprint density at radius 1 is 1.00 bits per heavy atom. The summed E-state index contributed by atoms with van der Waals surface area (Å²) >= 11 is 0. The molecule has 0 aliphatic rings. The van der Waals surface area contributed by atoms with E-state index in [0.29, 0.717) is 12.8 Å². The molecule has 1 unspecified atom stereocenters. The number of hydrogen-bond donors (Lipinski definition) is 1. The number of aliphatic hydroxyl groups excluding tert-OH is 1. The maximum atomic E-state index is 11.7. The predicted octanol–water partition coefficient (Wildman–Crippen LogP) is 4.12. The SMILES string of the molecule is CC/C=C\CC/C=C/C(=O)C(O)CCCCCCCC(=O)OC. The molecule has 0 rings (SSSR count). The van der Waals surface area contributed by atoms with Gasteiger partial charge in [-0.25, -0.2) is 0 Å². The molecule has 0 saturated carbocycles. The molecule has 0 aromatic carbocycles. The van der Waals surface area contributed by atoms with Crippen LogP contribution in [-0.2, 0) is 14.3 Å². The highest BCUT2D eigenvalue weighted by Crippen LogP contribution is 2.10. The van der Waals surface area contributed by atoms with Crippen LogP contribution in [0, 0.1) is 0 Å². The minimum absolute atomic E-state index is 0.164. The number of ether oxygens (including phenoxy) is 1. The van der Waals surface area contributed by atoms with Crippen molar-refractivity contribution in [2.75, 3.05) is 7.11 Å². The van der Waals surface area contributed by atoms with Crippen LogP contribution < -0.4 is 0 Å². The minimum atomic E-state index is -0.882. The molecule has 0 saturated heterocycles. The van der Waals surface area contributed by atoms with Gasteiger partial charge in [0.1, 0.15) is 6.10 Å². The first kappa shape index (κ1) is 21.6. The molecular weight excluding hydrogens is 292 g/mol. The molecule has 0 heterocycles. The molecule has 0 radical (unpaired) electrons. The minimum Gasteiger partial charge on any atom is -0.469 e. The first-order valence-electron chi connectivity index (χ1n) is 8.72. The third-order valence-electron chi connectivity index (χ3n) is 3.60. The van der Waals surface area contributed by atoms with Crippen LogP contribution >= 0.6 is 0 Å². The first-order valence-corrected chi connectivity index (χ1v) is 8.72. The van der Waals surface area contributed by atoms with E-state index in [1.54, 1.807) is 0 Å². The number of allylic oxidation sites excluding steroid dienone is 3. The molecule has 0 fully saturated rings. The first-order chi connectivity index (χ1) is 11.1. The lowest BCUT2D eigenvalue weighted by Crippen LogP contribution is -2.17. The lowest BCUT2D eigenvalue weighted by Gasteiger charge is -2.06. The average molecular weight is 324 g/mol. The van der Waals surface area contributed by atoms with E-state index < -0.39 is 6.10 Å². The van der Waals surface area contributed by atoms with Crippen molar-refractivity contribution < 1.29 is 19.4 Å². The van der Waals surface area contributed by atoms with Crippen LogP contribution in [-0.4, -0.2) is 30.1 Å². The summed E-state index contributed by atoms with van der Waals surface area (Å²) in [5.41, 5.74) is 0. The van der Waals surface area contributed by atoms with Gasteiger partial charge in [-0.1, -0.05) is 50.8 Å². The van der Waals surface area contributed by atoms with E-state index in [0.717, 1.165) is 51.4 Å². The number of aliphatic hydroxyl groups is 1. The highest BCUT2D eigenvalue weighted by Gasteiger charge is 2.10. The zero-order valence-electron chi connectivity index (χ0n) is 14.6. The number of hydrogen-bond acceptors (Lipinski definition) is 4. The van der Waals surface area contributed by atoms with Gasteiger partial charge in [0, 0.05) is 6.42 Å². The zero-order valence-corrected chi connectivity index (χ0v) is 14.6. The van der Waals surface area contributed by atoms with Crippen LogP contribution in [0.4, 0.5) is 0 Å². The number of methoxy groups -OCH3 is 1. The monoisotopic (exact) mass is 324 g/mol. The largest absolute Gasteiger partial charge is 0.469 e. The van der Waals surface area contributed by atoms with Gasteiger partial charge in [0.2, 0.25) is 0 Å². The van der Waals surface area contributed by atoms with E-state index in [9.17, 15) is 14.7 Å². The van der Waals surface area contributed by atoms with Gasteiger partial charge in [-0.2, -0.15) is 0 Å². The molecule has 0 aromatic heterocycles. The standard InChI is InChI=1S/C19H32O4/c1-3-4-5-6-8-11-14-17(20)18(21)15-12-9-7-10-13-16-19(22)23-2/h4-5,11,14,18,21H,3,6-10,12-13,15-16H2,1-2H3/b5-4-,14-11+. The summed E-state index contributed by atoms with van der Waals surface area (Å²) in [6, 6.07) is 0. The second kappa shape index (κ2) is 15.5. The van der Waals surface area contributed by atoms with Gasteiger partial charge in [-0.05, 0) is 38.2 Å². The summed E-state index contributed by atoms with van der Waals surface area (Å²) in [4.78, 5) is 22.6. The van der Waals surface area contributed by atoms with Crippen LogP contribution in [0.15, 0.2) is 24.3 Å². The van der Waals surface area contributed by atoms with Crippen molar-refractivity contribution >= 4 is 11.8 Å². The molecule has 0 aromatic rings. The fourth-order valence-electron chi connectivity index (χ4n) is 2.17. The predicted molar refractivity (Wildman–Crippen MR) is 93.2 cm³/mol. The summed E-state index contributed by atoms with van der Waals surface area (Å²) < 4.78 is 4.58. The highest BCUT2D eigenvalue weighted by atomic mass is 16.5. The van der Waals surface area contributed by atoms with Gasteiger partial charge < -0.3 is 9.84 Å². The molecule has 4 heteroatoms. The van der Waals surface area contributed by atoms with Crippen molar-refractivity contribution in [1.29, 1.82) is 0 Å². The average Bonchev–Trinajstić information content (AvgIpc) is 2.56. The number of esters is 1. The Labute approximate surface area is 140 Å². The Bertz CT molecular complexity index is 372. The van der Waals surface area contributed by atoms with Gasteiger partial charge in [-0.15, -0.1) is 0 Å². The van der Waals surface area contributed by atoms with Crippen LogP contribution in [0.2, 0.25) is 0 Å². The molecular formula is C19H32O4. The van der Waals surface area contributed by atoms with E-state index in [4.69, 9.17) is 0 Å². The van der Waals surface area contributed by atoms with Gasteiger partial charge in [0.15, 0.2) is 5.78 Å². The highest BCUT2D eigenvalue weighted by molar-refractivity contribution is 5.93. The van der Waals surface area contributed by atoms with Crippen LogP contribution in [0.1, 0.15) is 71.1 Å². The molecule has 1 atom stereocenters. The Kier molecular flexibility index (Phi) is 14.5. The van der Waals surface area contributed by atoms with Crippen molar-refractivity contribution in [2.24, 2.45) is 0 Å². The third-order valence-corrected chi connectivity index (χ3v) is 3.60.